The molecule has 0 aliphatic rings. The largest absolute Gasteiger partial charge is 0.378 e. The van der Waals surface area contributed by atoms with Crippen LogP contribution in [0, 0.1) is 0 Å². The van der Waals surface area contributed by atoms with Crippen LogP contribution in [-0.4, -0.2) is 35.0 Å². The Hall–Kier alpha value is -3.67. The molecule has 0 spiro atoms. The fourth-order valence-corrected chi connectivity index (χ4v) is 3.11. The Morgan fingerprint density at radius 2 is 1.86 bits per heavy atom. The molecule has 4 rings (SSSR count). The van der Waals surface area contributed by atoms with Gasteiger partial charge in [-0.05, 0) is 61.0 Å². The molecule has 0 aliphatic carbocycles. The van der Waals surface area contributed by atoms with Crippen LogP contribution in [0.5, 0.6) is 0 Å². The van der Waals surface area contributed by atoms with Crippen LogP contribution in [0.1, 0.15) is 23.0 Å². The second kappa shape index (κ2) is 7.75. The zero-order valence-electron chi connectivity index (χ0n) is 16.7. The molecule has 2 aromatic carbocycles. The number of anilines is 2. The zero-order chi connectivity index (χ0) is 20.4. The first-order chi connectivity index (χ1) is 14.0. The molecule has 0 aliphatic heterocycles. The van der Waals surface area contributed by atoms with E-state index in [4.69, 9.17) is 0 Å². The molecule has 0 radical (unpaired) electrons. The number of benzene rings is 2. The number of carbonyl (C=O) groups is 1. The number of aromatic nitrogens is 3. The molecule has 29 heavy (non-hydrogen) atoms. The lowest BCUT2D eigenvalue weighted by Gasteiger charge is -2.11. The molecule has 0 fully saturated rings. The normalized spacial score (nSPS) is 10.9. The van der Waals surface area contributed by atoms with Crippen LogP contribution >= 0.6 is 0 Å². The summed E-state index contributed by atoms with van der Waals surface area (Å²) >= 11 is 0. The number of aryl methyl sites for hydroxylation is 1. The number of nitrogens with zero attached hydrogens (tertiary/aromatic N) is 3. The summed E-state index contributed by atoms with van der Waals surface area (Å²) in [5, 5.41) is 2.89. The van der Waals surface area contributed by atoms with E-state index in [0.717, 1.165) is 40.2 Å². The van der Waals surface area contributed by atoms with Crippen molar-refractivity contribution >= 4 is 28.3 Å². The topological polar surface area (TPSA) is 73.9 Å². The van der Waals surface area contributed by atoms with E-state index >= 15 is 0 Å². The third-order valence-electron chi connectivity index (χ3n) is 4.85. The number of aromatic amines is 1. The molecule has 2 aromatic heterocycles. The number of hydrogen-bond acceptors (Lipinski definition) is 4. The molecule has 0 saturated carbocycles. The quantitative estimate of drug-likeness (QED) is 0.530. The van der Waals surface area contributed by atoms with Crippen LogP contribution < -0.4 is 10.2 Å². The highest BCUT2D eigenvalue weighted by molar-refractivity contribution is 6.06. The Balaban J connectivity index is 1.56. The number of carbonyl (C=O) groups excluding carboxylic acids is 1. The summed E-state index contributed by atoms with van der Waals surface area (Å²) in [6, 6.07) is 17.4. The number of imidazole rings is 1. The van der Waals surface area contributed by atoms with Gasteiger partial charge in [-0.15, -0.1) is 0 Å². The van der Waals surface area contributed by atoms with E-state index in [1.807, 2.05) is 51.4 Å². The van der Waals surface area contributed by atoms with Gasteiger partial charge in [-0.2, -0.15) is 0 Å². The maximum Gasteiger partial charge on any atom is 0.255 e. The number of nitrogens with one attached hydrogen (secondary N) is 2. The maximum absolute atomic E-state index is 12.6. The van der Waals surface area contributed by atoms with Crippen LogP contribution in [-0.2, 0) is 6.42 Å². The monoisotopic (exact) mass is 385 g/mol. The minimum absolute atomic E-state index is 0.183. The van der Waals surface area contributed by atoms with Crippen LogP contribution in [0.4, 0.5) is 11.4 Å². The molecule has 6 heteroatoms. The van der Waals surface area contributed by atoms with E-state index in [-0.39, 0.29) is 5.91 Å². The summed E-state index contributed by atoms with van der Waals surface area (Å²) in [4.78, 5) is 27.0. The van der Waals surface area contributed by atoms with Crippen molar-refractivity contribution in [2.24, 2.45) is 0 Å². The van der Waals surface area contributed by atoms with Crippen molar-refractivity contribution in [3.8, 4) is 11.4 Å². The van der Waals surface area contributed by atoms with Crippen molar-refractivity contribution in [1.82, 2.24) is 15.0 Å². The minimum atomic E-state index is -0.183. The van der Waals surface area contributed by atoms with E-state index in [9.17, 15) is 4.79 Å². The number of pyridine rings is 1. The maximum atomic E-state index is 12.6. The van der Waals surface area contributed by atoms with Crippen LogP contribution in [0.25, 0.3) is 22.4 Å². The summed E-state index contributed by atoms with van der Waals surface area (Å²) in [5.41, 5.74) is 6.00. The lowest BCUT2D eigenvalue weighted by atomic mass is 10.2. The fourth-order valence-electron chi connectivity index (χ4n) is 3.11. The van der Waals surface area contributed by atoms with E-state index in [0.29, 0.717) is 11.3 Å². The minimum Gasteiger partial charge on any atom is -0.378 e. The van der Waals surface area contributed by atoms with Crippen molar-refractivity contribution in [3.63, 3.8) is 0 Å². The van der Waals surface area contributed by atoms with Crippen LogP contribution in [0.3, 0.4) is 0 Å². The molecule has 6 nitrogen and oxygen atoms in total. The predicted octanol–water partition coefficient (Wildman–Crippen LogP) is 4.51. The third kappa shape index (κ3) is 3.96. The molecule has 0 atom stereocenters. The number of hydrogen-bond donors (Lipinski definition) is 2. The molecule has 2 N–H and O–H groups in total. The van der Waals surface area contributed by atoms with Crippen LogP contribution in [0.15, 0.2) is 60.8 Å². The Morgan fingerprint density at radius 3 is 2.52 bits per heavy atom. The molecule has 1 amide bonds. The molecule has 0 saturated heterocycles. The van der Waals surface area contributed by atoms with Gasteiger partial charge < -0.3 is 15.2 Å². The van der Waals surface area contributed by atoms with Crippen molar-refractivity contribution in [1.29, 1.82) is 0 Å². The standard InChI is InChI=1S/C23H23N5O/c1-4-17-8-9-18(14-24-17)25-23(29)16-7-12-20-21(13-16)27-22(26-20)15-5-10-19(11-6-15)28(2)3/h5-14H,4H2,1-3H3,(H,25,29)(H,26,27). The summed E-state index contributed by atoms with van der Waals surface area (Å²) in [5.74, 6) is 0.597. The molecule has 0 bridgehead atoms. The number of fused-ring (bicyclic) bond motifs is 1. The molecule has 0 unspecified atom stereocenters. The highest BCUT2D eigenvalue weighted by atomic mass is 16.1. The average molecular weight is 385 g/mol. The SMILES string of the molecule is CCc1ccc(NC(=O)c2ccc3[nH]c(-c4ccc(N(C)C)cc4)nc3c2)cn1. The Morgan fingerprint density at radius 1 is 1.07 bits per heavy atom. The first-order valence-electron chi connectivity index (χ1n) is 9.57. The second-order valence-corrected chi connectivity index (χ2v) is 7.10. The molecule has 2 heterocycles. The van der Waals surface area contributed by atoms with Gasteiger partial charge in [0.2, 0.25) is 0 Å². The first kappa shape index (κ1) is 18.7. The van der Waals surface area contributed by atoms with Gasteiger partial charge in [0.1, 0.15) is 5.82 Å². The van der Waals surface area contributed by atoms with E-state index in [1.165, 1.54) is 0 Å². The summed E-state index contributed by atoms with van der Waals surface area (Å²) < 4.78 is 0. The molecule has 146 valence electrons. The molecule has 4 aromatic rings. The second-order valence-electron chi connectivity index (χ2n) is 7.10. The smallest absolute Gasteiger partial charge is 0.255 e. The van der Waals surface area contributed by atoms with Gasteiger partial charge in [0.25, 0.3) is 5.91 Å². The van der Waals surface area contributed by atoms with Crippen LogP contribution in [0.2, 0.25) is 0 Å². The highest BCUT2D eigenvalue weighted by Crippen LogP contribution is 2.24. The van der Waals surface area contributed by atoms with Gasteiger partial charge in [0, 0.05) is 36.6 Å². The van der Waals surface area contributed by atoms with Gasteiger partial charge in [-0.25, -0.2) is 4.98 Å². The van der Waals surface area contributed by atoms with Crippen molar-refractivity contribution in [2.45, 2.75) is 13.3 Å². The lowest BCUT2D eigenvalue weighted by Crippen LogP contribution is -2.12. The Bertz CT molecular complexity index is 1140. The highest BCUT2D eigenvalue weighted by Gasteiger charge is 2.11. The number of rotatable bonds is 5. The zero-order valence-corrected chi connectivity index (χ0v) is 16.7. The van der Waals surface area contributed by atoms with Gasteiger partial charge in [0.15, 0.2) is 0 Å². The molecular formula is C23H23N5O. The predicted molar refractivity (Wildman–Crippen MR) is 117 cm³/mol. The van der Waals surface area contributed by atoms with E-state index < -0.39 is 0 Å². The van der Waals surface area contributed by atoms with Gasteiger partial charge in [-0.3, -0.25) is 9.78 Å². The Labute approximate surface area is 169 Å². The van der Waals surface area contributed by atoms with Crippen molar-refractivity contribution < 1.29 is 4.79 Å². The van der Waals surface area contributed by atoms with Gasteiger partial charge >= 0.3 is 0 Å². The van der Waals surface area contributed by atoms with Crippen molar-refractivity contribution in [2.75, 3.05) is 24.3 Å². The van der Waals surface area contributed by atoms with Crippen molar-refractivity contribution in [3.05, 3.63) is 72.1 Å². The number of amides is 1. The third-order valence-corrected chi connectivity index (χ3v) is 4.85. The van der Waals surface area contributed by atoms with Gasteiger partial charge in [0.05, 0.1) is 22.9 Å². The first-order valence-corrected chi connectivity index (χ1v) is 9.57. The lowest BCUT2D eigenvalue weighted by molar-refractivity contribution is 0.102. The molecular weight excluding hydrogens is 362 g/mol. The van der Waals surface area contributed by atoms with E-state index in [1.54, 1.807) is 18.3 Å². The summed E-state index contributed by atoms with van der Waals surface area (Å²) in [6.45, 7) is 2.05. The summed E-state index contributed by atoms with van der Waals surface area (Å²) in [6.07, 6.45) is 2.55. The van der Waals surface area contributed by atoms with E-state index in [2.05, 4.69) is 37.3 Å². The van der Waals surface area contributed by atoms with Gasteiger partial charge in [-0.1, -0.05) is 6.92 Å². The average Bonchev–Trinajstić information content (AvgIpc) is 3.17. The summed E-state index contributed by atoms with van der Waals surface area (Å²) in [7, 11) is 4.02. The number of H-pyrrole nitrogens is 1. The Kier molecular flexibility index (Phi) is 4.99. The fraction of sp³-hybridized carbons (Fsp3) is 0.174.